The second-order valence-corrected chi connectivity index (χ2v) is 5.66. The Morgan fingerprint density at radius 2 is 2.00 bits per heavy atom. The standard InChI is InChI=1S/C15H22FN3O/c1-11-9-19(10-12(2)18(11)3)7-6-15(20)14-5-4-13(16)8-17-14/h4-5,8,11-12H,6-7,9-10H2,1-3H3. The fourth-order valence-electron chi connectivity index (χ4n) is 2.62. The highest BCUT2D eigenvalue weighted by atomic mass is 19.1. The van der Waals surface area contributed by atoms with Crippen LogP contribution < -0.4 is 0 Å². The van der Waals surface area contributed by atoms with E-state index in [1.807, 2.05) is 0 Å². The fourth-order valence-corrected chi connectivity index (χ4v) is 2.62. The third-order valence-corrected chi connectivity index (χ3v) is 4.10. The van der Waals surface area contributed by atoms with Crippen LogP contribution in [0.25, 0.3) is 0 Å². The van der Waals surface area contributed by atoms with Gasteiger partial charge in [0.1, 0.15) is 11.5 Å². The molecule has 5 heteroatoms. The van der Waals surface area contributed by atoms with Gasteiger partial charge in [-0.25, -0.2) is 4.39 Å². The van der Waals surface area contributed by atoms with Gasteiger partial charge in [0.05, 0.1) is 6.20 Å². The Kier molecular flexibility index (Phi) is 4.83. The second-order valence-electron chi connectivity index (χ2n) is 5.66. The molecule has 1 fully saturated rings. The minimum atomic E-state index is -0.414. The average Bonchev–Trinajstić information content (AvgIpc) is 2.42. The van der Waals surface area contributed by atoms with Crippen LogP contribution in [0.2, 0.25) is 0 Å². The number of pyridine rings is 1. The van der Waals surface area contributed by atoms with Crippen LogP contribution in [-0.4, -0.2) is 59.3 Å². The molecule has 0 aliphatic carbocycles. The van der Waals surface area contributed by atoms with E-state index in [0.717, 1.165) is 25.8 Å². The van der Waals surface area contributed by atoms with E-state index in [2.05, 4.69) is 35.7 Å². The zero-order chi connectivity index (χ0) is 14.7. The first-order valence-corrected chi connectivity index (χ1v) is 7.06. The summed E-state index contributed by atoms with van der Waals surface area (Å²) in [6.07, 6.45) is 1.52. The first kappa shape index (κ1) is 15.1. The van der Waals surface area contributed by atoms with Gasteiger partial charge >= 0.3 is 0 Å². The van der Waals surface area contributed by atoms with Gasteiger partial charge in [0, 0.05) is 38.1 Å². The number of aromatic nitrogens is 1. The molecule has 1 aromatic heterocycles. The summed E-state index contributed by atoms with van der Waals surface area (Å²) < 4.78 is 12.8. The number of hydrogen-bond donors (Lipinski definition) is 0. The molecule has 0 spiro atoms. The Balaban J connectivity index is 1.86. The Morgan fingerprint density at radius 1 is 1.35 bits per heavy atom. The Labute approximate surface area is 119 Å². The lowest BCUT2D eigenvalue weighted by Gasteiger charge is -2.42. The zero-order valence-corrected chi connectivity index (χ0v) is 12.3. The summed E-state index contributed by atoms with van der Waals surface area (Å²) in [5.74, 6) is -0.437. The van der Waals surface area contributed by atoms with Crippen LogP contribution >= 0.6 is 0 Å². The number of ketones is 1. The molecule has 0 saturated carbocycles. The predicted octanol–water partition coefficient (Wildman–Crippen LogP) is 1.82. The molecule has 20 heavy (non-hydrogen) atoms. The number of rotatable bonds is 4. The van der Waals surface area contributed by atoms with Crippen molar-refractivity contribution in [3.63, 3.8) is 0 Å². The number of carbonyl (C=O) groups is 1. The molecule has 0 bridgehead atoms. The molecule has 110 valence electrons. The molecule has 1 aliphatic rings. The summed E-state index contributed by atoms with van der Waals surface area (Å²) in [6, 6.07) is 3.73. The van der Waals surface area contributed by atoms with Crippen molar-refractivity contribution in [3.05, 3.63) is 29.8 Å². The Bertz CT molecular complexity index is 451. The van der Waals surface area contributed by atoms with E-state index >= 15 is 0 Å². The van der Waals surface area contributed by atoms with Gasteiger partial charge < -0.3 is 0 Å². The zero-order valence-electron chi connectivity index (χ0n) is 12.3. The summed E-state index contributed by atoms with van der Waals surface area (Å²) in [6.45, 7) is 7.09. The monoisotopic (exact) mass is 279 g/mol. The van der Waals surface area contributed by atoms with Crippen LogP contribution in [0.15, 0.2) is 18.3 Å². The second kappa shape index (κ2) is 6.41. The van der Waals surface area contributed by atoms with Crippen molar-refractivity contribution >= 4 is 5.78 Å². The fraction of sp³-hybridized carbons (Fsp3) is 0.600. The lowest BCUT2D eigenvalue weighted by molar-refractivity contribution is 0.0575. The van der Waals surface area contributed by atoms with Crippen molar-refractivity contribution in [2.75, 3.05) is 26.7 Å². The smallest absolute Gasteiger partial charge is 0.182 e. The number of hydrogen-bond acceptors (Lipinski definition) is 4. The molecule has 2 atom stereocenters. The van der Waals surface area contributed by atoms with Crippen LogP contribution in [0.5, 0.6) is 0 Å². The van der Waals surface area contributed by atoms with Crippen molar-refractivity contribution in [1.29, 1.82) is 0 Å². The van der Waals surface area contributed by atoms with Gasteiger partial charge in [-0.2, -0.15) is 0 Å². The molecule has 2 rings (SSSR count). The number of nitrogens with zero attached hydrogens (tertiary/aromatic N) is 3. The lowest BCUT2D eigenvalue weighted by Crippen LogP contribution is -2.55. The SMILES string of the molecule is CC1CN(CCC(=O)c2ccc(F)cn2)CC(C)N1C. The van der Waals surface area contributed by atoms with Crippen molar-refractivity contribution < 1.29 is 9.18 Å². The van der Waals surface area contributed by atoms with E-state index in [0.29, 0.717) is 24.2 Å². The first-order chi connectivity index (χ1) is 9.47. The van der Waals surface area contributed by atoms with Gasteiger partial charge in [-0.15, -0.1) is 0 Å². The lowest BCUT2D eigenvalue weighted by atomic mass is 10.1. The van der Waals surface area contributed by atoms with Gasteiger partial charge in [0.25, 0.3) is 0 Å². The summed E-state index contributed by atoms with van der Waals surface area (Å²) >= 11 is 0. The van der Waals surface area contributed by atoms with E-state index in [9.17, 15) is 9.18 Å². The number of carbonyl (C=O) groups excluding carboxylic acids is 1. The van der Waals surface area contributed by atoms with Crippen molar-refractivity contribution in [1.82, 2.24) is 14.8 Å². The maximum Gasteiger partial charge on any atom is 0.182 e. The predicted molar refractivity (Wildman–Crippen MR) is 76.3 cm³/mol. The van der Waals surface area contributed by atoms with Gasteiger partial charge in [-0.1, -0.05) is 0 Å². The molecule has 0 radical (unpaired) electrons. The molecule has 2 heterocycles. The molecule has 1 aromatic rings. The molecule has 4 nitrogen and oxygen atoms in total. The van der Waals surface area contributed by atoms with Crippen LogP contribution in [0.3, 0.4) is 0 Å². The van der Waals surface area contributed by atoms with Gasteiger partial charge in [-0.3, -0.25) is 19.6 Å². The molecule has 1 aliphatic heterocycles. The summed E-state index contributed by atoms with van der Waals surface area (Å²) in [5.41, 5.74) is 0.349. The molecular formula is C15H22FN3O. The van der Waals surface area contributed by atoms with Crippen molar-refractivity contribution in [2.24, 2.45) is 0 Å². The van der Waals surface area contributed by atoms with Crippen LogP contribution in [0, 0.1) is 5.82 Å². The van der Waals surface area contributed by atoms with E-state index in [1.54, 1.807) is 0 Å². The van der Waals surface area contributed by atoms with Gasteiger partial charge in [0.15, 0.2) is 5.78 Å². The minimum absolute atomic E-state index is 0.0239. The number of Topliss-reactive ketones (excluding diaryl/α,β-unsaturated/α-hetero) is 1. The molecule has 0 amide bonds. The Morgan fingerprint density at radius 3 is 2.55 bits per heavy atom. The first-order valence-electron chi connectivity index (χ1n) is 7.06. The topological polar surface area (TPSA) is 36.4 Å². The summed E-state index contributed by atoms with van der Waals surface area (Å²) in [4.78, 5) is 20.5. The van der Waals surface area contributed by atoms with E-state index in [4.69, 9.17) is 0 Å². The molecular weight excluding hydrogens is 257 g/mol. The third-order valence-electron chi connectivity index (χ3n) is 4.10. The van der Waals surface area contributed by atoms with Crippen LogP contribution in [0.1, 0.15) is 30.8 Å². The highest BCUT2D eigenvalue weighted by molar-refractivity contribution is 5.94. The molecule has 0 aromatic carbocycles. The van der Waals surface area contributed by atoms with Crippen LogP contribution in [0.4, 0.5) is 4.39 Å². The largest absolute Gasteiger partial charge is 0.300 e. The minimum Gasteiger partial charge on any atom is -0.300 e. The summed E-state index contributed by atoms with van der Waals surface area (Å²) in [7, 11) is 2.14. The van der Waals surface area contributed by atoms with Crippen molar-refractivity contribution in [2.45, 2.75) is 32.4 Å². The number of likely N-dealkylation sites (N-methyl/N-ethyl adjacent to an activating group) is 1. The maximum absolute atomic E-state index is 12.8. The van der Waals surface area contributed by atoms with E-state index < -0.39 is 5.82 Å². The molecule has 0 N–H and O–H groups in total. The van der Waals surface area contributed by atoms with Crippen LogP contribution in [-0.2, 0) is 0 Å². The van der Waals surface area contributed by atoms with E-state index in [1.165, 1.54) is 12.1 Å². The van der Waals surface area contributed by atoms with E-state index in [-0.39, 0.29) is 5.78 Å². The summed E-state index contributed by atoms with van der Waals surface area (Å²) in [5, 5.41) is 0. The quantitative estimate of drug-likeness (QED) is 0.788. The normalized spacial score (nSPS) is 24.8. The average molecular weight is 279 g/mol. The third kappa shape index (κ3) is 3.61. The highest BCUT2D eigenvalue weighted by Crippen LogP contribution is 2.14. The highest BCUT2D eigenvalue weighted by Gasteiger charge is 2.26. The van der Waals surface area contributed by atoms with Crippen molar-refractivity contribution in [3.8, 4) is 0 Å². The van der Waals surface area contributed by atoms with Gasteiger partial charge in [0.2, 0.25) is 0 Å². The number of halogens is 1. The van der Waals surface area contributed by atoms with Gasteiger partial charge in [-0.05, 0) is 33.0 Å². The Hall–Kier alpha value is -1.33. The molecule has 1 saturated heterocycles. The number of piperazine rings is 1. The maximum atomic E-state index is 12.8. The molecule has 2 unspecified atom stereocenters.